The lowest BCUT2D eigenvalue weighted by Gasteiger charge is -2.14. The van der Waals surface area contributed by atoms with Gasteiger partial charge in [-0.3, -0.25) is 23.7 Å². The molecule has 0 fully saturated rings. The van der Waals surface area contributed by atoms with E-state index < -0.39 is 17.2 Å². The van der Waals surface area contributed by atoms with E-state index in [9.17, 15) is 14.4 Å². The average Bonchev–Trinajstić information content (AvgIpc) is 2.80. The summed E-state index contributed by atoms with van der Waals surface area (Å²) in [6, 6.07) is 15.4. The van der Waals surface area contributed by atoms with Crippen LogP contribution in [-0.2, 0) is 17.9 Å². The van der Waals surface area contributed by atoms with Gasteiger partial charge in [0, 0.05) is 12.4 Å². The van der Waals surface area contributed by atoms with E-state index in [2.05, 4.69) is 15.3 Å². The number of pyridine rings is 2. The molecule has 0 radical (unpaired) electrons. The molecule has 0 bridgehead atoms. The van der Waals surface area contributed by atoms with Crippen molar-refractivity contribution in [1.29, 1.82) is 0 Å². The summed E-state index contributed by atoms with van der Waals surface area (Å²) in [7, 11) is 1.50. The number of rotatable bonds is 6. The van der Waals surface area contributed by atoms with Crippen LogP contribution in [0, 0.1) is 0 Å². The van der Waals surface area contributed by atoms with Gasteiger partial charge in [-0.25, -0.2) is 9.78 Å². The van der Waals surface area contributed by atoms with Crippen LogP contribution >= 0.6 is 0 Å². The highest BCUT2D eigenvalue weighted by molar-refractivity contribution is 5.92. The number of carbonyl (C=O) groups is 1. The quantitative estimate of drug-likeness (QED) is 0.511. The monoisotopic (exact) mass is 417 g/mol. The third-order valence-corrected chi connectivity index (χ3v) is 4.72. The Morgan fingerprint density at radius 2 is 1.74 bits per heavy atom. The number of anilines is 1. The van der Waals surface area contributed by atoms with Gasteiger partial charge in [0.25, 0.3) is 5.56 Å². The van der Waals surface area contributed by atoms with Gasteiger partial charge in [0.2, 0.25) is 5.91 Å². The normalized spacial score (nSPS) is 10.7. The highest BCUT2D eigenvalue weighted by Gasteiger charge is 2.17. The van der Waals surface area contributed by atoms with Crippen LogP contribution in [0.2, 0.25) is 0 Å². The first-order valence-corrected chi connectivity index (χ1v) is 9.49. The van der Waals surface area contributed by atoms with E-state index in [1.807, 2.05) is 0 Å². The van der Waals surface area contributed by atoms with Crippen molar-refractivity contribution in [2.75, 3.05) is 12.4 Å². The Hall–Kier alpha value is -4.27. The molecule has 31 heavy (non-hydrogen) atoms. The number of ether oxygens (including phenoxy) is 1. The summed E-state index contributed by atoms with van der Waals surface area (Å²) in [4.78, 5) is 47.2. The van der Waals surface area contributed by atoms with Crippen LogP contribution in [0.5, 0.6) is 5.75 Å². The number of methoxy groups -OCH3 is 1. The van der Waals surface area contributed by atoms with Crippen molar-refractivity contribution in [2.24, 2.45) is 0 Å². The number of hydrogen-bond donors (Lipinski definition) is 1. The van der Waals surface area contributed by atoms with Crippen LogP contribution in [-0.4, -0.2) is 32.1 Å². The number of nitrogens with zero attached hydrogens (tertiary/aromatic N) is 4. The minimum atomic E-state index is -0.619. The molecule has 3 aromatic heterocycles. The molecule has 0 unspecified atom stereocenters. The largest absolute Gasteiger partial charge is 0.495 e. The number of benzene rings is 1. The molecule has 0 atom stereocenters. The van der Waals surface area contributed by atoms with Crippen LogP contribution in [0.4, 0.5) is 5.69 Å². The molecule has 1 amide bonds. The van der Waals surface area contributed by atoms with Crippen molar-refractivity contribution in [3.05, 3.63) is 93.5 Å². The summed E-state index contributed by atoms with van der Waals surface area (Å²) in [6.07, 6.45) is 3.05. The second kappa shape index (κ2) is 8.62. The van der Waals surface area contributed by atoms with Gasteiger partial charge in [0.15, 0.2) is 5.52 Å². The molecular formula is C22H19N5O4. The third-order valence-electron chi connectivity index (χ3n) is 4.72. The molecule has 0 saturated heterocycles. The van der Waals surface area contributed by atoms with E-state index in [1.54, 1.807) is 60.8 Å². The standard InChI is InChI=1S/C22H19N5O4/c1-31-18-10-3-2-8-16(18)25-19(28)14-26-17-9-6-12-24-20(17)21(29)27(22(26)30)13-15-7-4-5-11-23-15/h2-12H,13-14H2,1H3,(H,25,28). The fraction of sp³-hybridized carbons (Fsp3) is 0.136. The molecule has 0 aliphatic carbocycles. The summed E-state index contributed by atoms with van der Waals surface area (Å²) >= 11 is 0. The van der Waals surface area contributed by atoms with Crippen molar-refractivity contribution < 1.29 is 9.53 Å². The number of para-hydroxylation sites is 2. The van der Waals surface area contributed by atoms with Crippen molar-refractivity contribution in [2.45, 2.75) is 13.1 Å². The fourth-order valence-electron chi connectivity index (χ4n) is 3.27. The smallest absolute Gasteiger partial charge is 0.332 e. The van der Waals surface area contributed by atoms with E-state index in [1.165, 1.54) is 17.9 Å². The van der Waals surface area contributed by atoms with E-state index in [-0.39, 0.29) is 24.1 Å². The fourth-order valence-corrected chi connectivity index (χ4v) is 3.27. The lowest BCUT2D eigenvalue weighted by atomic mass is 10.3. The number of fused-ring (bicyclic) bond motifs is 1. The van der Waals surface area contributed by atoms with Crippen molar-refractivity contribution in [1.82, 2.24) is 19.1 Å². The number of hydrogen-bond acceptors (Lipinski definition) is 6. The number of nitrogens with one attached hydrogen (secondary N) is 1. The molecule has 156 valence electrons. The van der Waals surface area contributed by atoms with Gasteiger partial charge < -0.3 is 10.1 Å². The van der Waals surface area contributed by atoms with E-state index in [0.29, 0.717) is 17.1 Å². The first kappa shape index (κ1) is 20.0. The Morgan fingerprint density at radius 1 is 0.968 bits per heavy atom. The van der Waals surface area contributed by atoms with Crippen LogP contribution < -0.4 is 21.3 Å². The third kappa shape index (κ3) is 4.06. The maximum Gasteiger partial charge on any atom is 0.332 e. The minimum Gasteiger partial charge on any atom is -0.495 e. The van der Waals surface area contributed by atoms with Crippen molar-refractivity contribution >= 4 is 22.6 Å². The molecule has 9 heteroatoms. The number of aromatic nitrogens is 4. The van der Waals surface area contributed by atoms with Gasteiger partial charge in [0.05, 0.1) is 30.6 Å². The molecule has 1 N–H and O–H groups in total. The first-order chi connectivity index (χ1) is 15.1. The van der Waals surface area contributed by atoms with Crippen LogP contribution in [0.25, 0.3) is 11.0 Å². The topological polar surface area (TPSA) is 108 Å². The van der Waals surface area contributed by atoms with Crippen molar-refractivity contribution in [3.8, 4) is 5.75 Å². The molecule has 4 rings (SSSR count). The highest BCUT2D eigenvalue weighted by Crippen LogP contribution is 2.22. The summed E-state index contributed by atoms with van der Waals surface area (Å²) in [5.74, 6) is 0.0506. The SMILES string of the molecule is COc1ccccc1NC(=O)Cn1c(=O)n(Cc2ccccn2)c(=O)c2ncccc21. The maximum absolute atomic E-state index is 13.2. The molecular weight excluding hydrogens is 398 g/mol. The van der Waals surface area contributed by atoms with Gasteiger partial charge in [-0.15, -0.1) is 0 Å². The Labute approximate surface area is 176 Å². The van der Waals surface area contributed by atoms with Crippen LogP contribution in [0.1, 0.15) is 5.69 Å². The highest BCUT2D eigenvalue weighted by atomic mass is 16.5. The van der Waals surface area contributed by atoms with Gasteiger partial charge in [0.1, 0.15) is 12.3 Å². The van der Waals surface area contributed by atoms with Crippen molar-refractivity contribution in [3.63, 3.8) is 0 Å². The van der Waals surface area contributed by atoms with Gasteiger partial charge in [-0.2, -0.15) is 0 Å². The van der Waals surface area contributed by atoms with E-state index in [4.69, 9.17) is 4.74 Å². The first-order valence-electron chi connectivity index (χ1n) is 9.49. The van der Waals surface area contributed by atoms with Gasteiger partial charge in [-0.05, 0) is 36.4 Å². The molecule has 3 heterocycles. The van der Waals surface area contributed by atoms with E-state index >= 15 is 0 Å². The Balaban J connectivity index is 1.75. The summed E-state index contributed by atoms with van der Waals surface area (Å²) < 4.78 is 7.52. The maximum atomic E-state index is 13.2. The second-order valence-electron chi connectivity index (χ2n) is 6.70. The zero-order chi connectivity index (χ0) is 21.8. The Bertz CT molecular complexity index is 1360. The van der Waals surface area contributed by atoms with Gasteiger partial charge >= 0.3 is 5.69 Å². The second-order valence-corrected chi connectivity index (χ2v) is 6.70. The number of amides is 1. The summed E-state index contributed by atoms with van der Waals surface area (Å²) in [5, 5.41) is 2.74. The Morgan fingerprint density at radius 3 is 2.52 bits per heavy atom. The van der Waals surface area contributed by atoms with Crippen LogP contribution in [0.3, 0.4) is 0 Å². The lowest BCUT2D eigenvalue weighted by molar-refractivity contribution is -0.116. The zero-order valence-electron chi connectivity index (χ0n) is 16.7. The molecule has 4 aromatic rings. The molecule has 0 spiro atoms. The van der Waals surface area contributed by atoms with Gasteiger partial charge in [-0.1, -0.05) is 18.2 Å². The zero-order valence-corrected chi connectivity index (χ0v) is 16.7. The molecule has 0 saturated carbocycles. The average molecular weight is 417 g/mol. The number of carbonyl (C=O) groups excluding carboxylic acids is 1. The minimum absolute atomic E-state index is 0.0286. The summed E-state index contributed by atoms with van der Waals surface area (Å²) in [5.41, 5.74) is 0.251. The predicted octanol–water partition coefficient (Wildman–Crippen LogP) is 1.65. The molecule has 0 aliphatic rings. The molecule has 0 aliphatic heterocycles. The van der Waals surface area contributed by atoms with Crippen LogP contribution in [0.15, 0.2) is 76.6 Å². The molecule has 1 aromatic carbocycles. The molecule has 9 nitrogen and oxygen atoms in total. The van der Waals surface area contributed by atoms with E-state index in [0.717, 1.165) is 4.57 Å². The predicted molar refractivity (Wildman–Crippen MR) is 115 cm³/mol. The Kier molecular flexibility index (Phi) is 5.57. The summed E-state index contributed by atoms with van der Waals surface area (Å²) in [6.45, 7) is -0.333. The lowest BCUT2D eigenvalue weighted by Crippen LogP contribution is -2.42.